The molecule has 4 heteroatoms. The summed E-state index contributed by atoms with van der Waals surface area (Å²) in [6.07, 6.45) is 0. The first-order valence-electron chi connectivity index (χ1n) is 9.59. The van der Waals surface area contributed by atoms with Crippen LogP contribution in [0.1, 0.15) is 13.8 Å². The Hall–Kier alpha value is -0.920. The molecule has 0 spiro atoms. The van der Waals surface area contributed by atoms with Gasteiger partial charge in [-0.05, 0) is 0 Å². The van der Waals surface area contributed by atoms with Gasteiger partial charge in [0.2, 0.25) is 0 Å². The molecule has 3 aromatic rings. The molecular formula is C24H26ClPS2. The number of hydrogen-bond donors (Lipinski definition) is 0. The zero-order valence-electron chi connectivity index (χ0n) is 16.3. The van der Waals surface area contributed by atoms with Crippen LogP contribution in [0.15, 0.2) is 91.0 Å². The molecule has 1 aliphatic rings. The van der Waals surface area contributed by atoms with Crippen molar-refractivity contribution in [3.05, 3.63) is 91.0 Å². The Kier molecular flexibility index (Phi) is 5.62. The second kappa shape index (κ2) is 7.73. The molecular weight excluding hydrogens is 419 g/mol. The van der Waals surface area contributed by atoms with Crippen molar-refractivity contribution >= 4 is 56.6 Å². The number of benzene rings is 3. The molecule has 28 heavy (non-hydrogen) atoms. The molecule has 0 unspecified atom stereocenters. The Morgan fingerprint density at radius 1 is 0.679 bits per heavy atom. The van der Waals surface area contributed by atoms with Crippen LogP contribution in [0.5, 0.6) is 0 Å². The molecule has 3 aromatic carbocycles. The van der Waals surface area contributed by atoms with Gasteiger partial charge >= 0.3 is 183 Å². The number of thioether (sulfide) groups is 2. The van der Waals surface area contributed by atoms with E-state index in [4.69, 9.17) is 11.2 Å². The molecule has 0 aromatic heterocycles. The van der Waals surface area contributed by atoms with Crippen molar-refractivity contribution in [1.29, 1.82) is 0 Å². The summed E-state index contributed by atoms with van der Waals surface area (Å²) in [5.74, 6) is -0.953. The summed E-state index contributed by atoms with van der Waals surface area (Å²) < 4.78 is 0.285. The summed E-state index contributed by atoms with van der Waals surface area (Å²) in [5, 5.41) is 3.78. The van der Waals surface area contributed by atoms with Crippen LogP contribution in [-0.2, 0) is 0 Å². The first kappa shape index (κ1) is 20.4. The quantitative estimate of drug-likeness (QED) is 0.423. The minimum absolute atomic E-state index is 0.285. The fourth-order valence-electron chi connectivity index (χ4n) is 3.93. The molecule has 1 saturated heterocycles. The summed E-state index contributed by atoms with van der Waals surface area (Å²) in [5.41, 5.74) is 0.335. The average molecular weight is 445 g/mol. The summed E-state index contributed by atoms with van der Waals surface area (Å²) >= 11 is 12.3. The molecule has 0 aliphatic carbocycles. The van der Waals surface area contributed by atoms with Crippen molar-refractivity contribution < 1.29 is 0 Å². The molecule has 1 heterocycles. The van der Waals surface area contributed by atoms with Gasteiger partial charge in [-0.15, -0.1) is 0 Å². The van der Waals surface area contributed by atoms with Crippen molar-refractivity contribution in [2.45, 2.75) is 18.2 Å². The molecule has 0 nitrogen and oxygen atoms in total. The summed E-state index contributed by atoms with van der Waals surface area (Å²) in [6, 6.07) is 32.5. The van der Waals surface area contributed by atoms with E-state index in [0.29, 0.717) is 5.41 Å². The van der Waals surface area contributed by atoms with Crippen LogP contribution in [0.3, 0.4) is 0 Å². The van der Waals surface area contributed by atoms with Crippen molar-refractivity contribution in [1.82, 2.24) is 0 Å². The zero-order valence-corrected chi connectivity index (χ0v) is 19.6. The van der Waals surface area contributed by atoms with Crippen LogP contribution >= 0.6 is 40.7 Å². The van der Waals surface area contributed by atoms with Crippen LogP contribution in [0, 0.1) is 5.41 Å². The maximum absolute atomic E-state index is 8.23. The second-order valence-corrected chi connectivity index (χ2v) is 17.7. The molecule has 0 radical (unpaired) electrons. The van der Waals surface area contributed by atoms with Gasteiger partial charge in [-0.3, -0.25) is 0 Å². The van der Waals surface area contributed by atoms with Gasteiger partial charge in [0.1, 0.15) is 0 Å². The molecule has 1 fully saturated rings. The van der Waals surface area contributed by atoms with E-state index in [1.165, 1.54) is 15.9 Å². The monoisotopic (exact) mass is 444 g/mol. The van der Waals surface area contributed by atoms with Crippen LogP contribution < -0.4 is 15.9 Å². The van der Waals surface area contributed by atoms with E-state index in [9.17, 15) is 0 Å². The van der Waals surface area contributed by atoms with E-state index < -0.39 is 5.96 Å². The Morgan fingerprint density at radius 2 is 1.00 bits per heavy atom. The molecule has 0 atom stereocenters. The van der Waals surface area contributed by atoms with Crippen LogP contribution in [0.2, 0.25) is 0 Å². The van der Waals surface area contributed by atoms with Gasteiger partial charge in [0.15, 0.2) is 0 Å². The summed E-state index contributed by atoms with van der Waals surface area (Å²) in [7, 11) is 0. The van der Waals surface area contributed by atoms with E-state index in [-0.39, 0.29) is 4.32 Å². The number of halogens is 1. The van der Waals surface area contributed by atoms with Gasteiger partial charge in [-0.1, -0.05) is 0 Å². The third kappa shape index (κ3) is 3.23. The molecule has 0 saturated carbocycles. The molecule has 0 bridgehead atoms. The standard InChI is InChI=1S/C24H26ClPS2/c1-24(2)18-27-23(28-19-24)26(25,20-12-6-3-7-13-20,21-14-8-4-9-15-21)22-16-10-5-11-17-22/h3-17,23H,18-19H2,1-2H3. The Labute approximate surface area is 182 Å². The Balaban J connectivity index is 2.04. The minimum atomic E-state index is -3.21. The van der Waals surface area contributed by atoms with Gasteiger partial charge in [-0.2, -0.15) is 0 Å². The van der Waals surface area contributed by atoms with Gasteiger partial charge in [0.05, 0.1) is 0 Å². The first-order valence-corrected chi connectivity index (χ1v) is 14.9. The van der Waals surface area contributed by atoms with Crippen molar-refractivity contribution in [3.63, 3.8) is 0 Å². The molecule has 0 amide bonds. The molecule has 146 valence electrons. The Bertz CT molecular complexity index is 819. The van der Waals surface area contributed by atoms with E-state index in [0.717, 1.165) is 11.5 Å². The van der Waals surface area contributed by atoms with Crippen molar-refractivity contribution in [2.24, 2.45) is 5.41 Å². The number of rotatable bonds is 4. The first-order chi connectivity index (χ1) is 13.5. The number of hydrogen-bond acceptors (Lipinski definition) is 2. The topological polar surface area (TPSA) is 0 Å². The predicted octanol–water partition coefficient (Wildman–Crippen LogP) is 6.46. The fourth-order valence-corrected chi connectivity index (χ4v) is 17.0. The molecule has 4 rings (SSSR count). The van der Waals surface area contributed by atoms with Gasteiger partial charge in [-0.25, -0.2) is 0 Å². The normalized spacial score (nSPS) is 18.9. The summed E-state index contributed by atoms with van der Waals surface area (Å²) in [4.78, 5) is 0. The van der Waals surface area contributed by atoms with Crippen LogP contribution in [-0.4, -0.2) is 15.8 Å². The second-order valence-electron chi connectivity index (χ2n) is 8.17. The van der Waals surface area contributed by atoms with Gasteiger partial charge in [0.25, 0.3) is 0 Å². The zero-order chi connectivity index (χ0) is 19.7. The van der Waals surface area contributed by atoms with E-state index in [1.54, 1.807) is 0 Å². The fraction of sp³-hybridized carbons (Fsp3) is 0.250. The van der Waals surface area contributed by atoms with E-state index in [1.807, 2.05) is 23.5 Å². The van der Waals surface area contributed by atoms with E-state index >= 15 is 0 Å². The summed E-state index contributed by atoms with van der Waals surface area (Å²) in [6.45, 7) is 4.72. The predicted molar refractivity (Wildman–Crippen MR) is 133 cm³/mol. The SMILES string of the molecule is CC1(C)CSC(P(Cl)(c2ccccc2)(c2ccccc2)c2ccccc2)SC1. The van der Waals surface area contributed by atoms with E-state index in [2.05, 4.69) is 105 Å². The van der Waals surface area contributed by atoms with Gasteiger partial charge in [0, 0.05) is 0 Å². The third-order valence-corrected chi connectivity index (χ3v) is 19.9. The third-order valence-electron chi connectivity index (χ3n) is 5.41. The van der Waals surface area contributed by atoms with Crippen molar-refractivity contribution in [3.8, 4) is 0 Å². The molecule has 0 N–H and O–H groups in total. The molecule has 1 aliphatic heterocycles. The maximum atomic E-state index is 8.23. The average Bonchev–Trinajstić information content (AvgIpc) is 2.75. The van der Waals surface area contributed by atoms with Crippen LogP contribution in [0.4, 0.5) is 0 Å². The Morgan fingerprint density at radius 3 is 1.32 bits per heavy atom. The van der Waals surface area contributed by atoms with Crippen molar-refractivity contribution in [2.75, 3.05) is 11.5 Å². The van der Waals surface area contributed by atoms with Crippen LogP contribution in [0.25, 0.3) is 0 Å². The van der Waals surface area contributed by atoms with Gasteiger partial charge < -0.3 is 0 Å².